The number of hydrogen-bond acceptors (Lipinski definition) is 6. The first kappa shape index (κ1) is 25.9. The first-order valence-corrected chi connectivity index (χ1v) is 11.3. The molecular weight excluding hydrogens is 515 g/mol. The van der Waals surface area contributed by atoms with Gasteiger partial charge in [0, 0.05) is 11.3 Å². The number of carbonyl (C=O) groups excluding carboxylic acids is 2. The van der Waals surface area contributed by atoms with Gasteiger partial charge in [0.15, 0.2) is 0 Å². The Balaban J connectivity index is 1.86. The van der Waals surface area contributed by atoms with Crippen molar-refractivity contribution in [3.63, 3.8) is 0 Å². The first-order valence-electron chi connectivity index (χ1n) is 10.9. The molecule has 4 rings (SSSR count). The molecule has 1 aliphatic rings. The van der Waals surface area contributed by atoms with E-state index in [4.69, 9.17) is 16.3 Å². The van der Waals surface area contributed by atoms with Crippen LogP contribution in [0.1, 0.15) is 24.1 Å². The maximum atomic E-state index is 13.2. The number of ether oxygens (including phenoxy) is 2. The third kappa shape index (κ3) is 5.34. The molecule has 1 saturated heterocycles. The largest absolute Gasteiger partial charge is 0.573 e. The molecule has 1 amide bonds. The number of rotatable bonds is 6. The minimum absolute atomic E-state index is 0.0755. The van der Waals surface area contributed by atoms with Crippen molar-refractivity contribution >= 4 is 34.7 Å². The van der Waals surface area contributed by atoms with Crippen LogP contribution in [0.3, 0.4) is 0 Å². The van der Waals surface area contributed by atoms with Crippen molar-refractivity contribution in [1.29, 1.82) is 0 Å². The lowest BCUT2D eigenvalue weighted by molar-refractivity contribution is -0.274. The monoisotopic (exact) mass is 533 g/mol. The molecule has 0 aliphatic carbocycles. The number of ketones is 1. The molecule has 0 radical (unpaired) electrons. The number of halogens is 4. The van der Waals surface area contributed by atoms with Crippen LogP contribution in [0, 0.1) is 0 Å². The topological polar surface area (TPSA) is 96.3 Å². The van der Waals surface area contributed by atoms with Crippen molar-refractivity contribution in [2.24, 2.45) is 0 Å². The number of alkyl halides is 3. The van der Waals surface area contributed by atoms with Crippen molar-refractivity contribution < 1.29 is 42.4 Å². The fourth-order valence-corrected chi connectivity index (χ4v) is 4.12. The van der Waals surface area contributed by atoms with Gasteiger partial charge >= 0.3 is 6.36 Å². The molecule has 1 unspecified atom stereocenters. The Kier molecular flexibility index (Phi) is 7.04. The summed E-state index contributed by atoms with van der Waals surface area (Å²) in [6.07, 6.45) is -4.91. The van der Waals surface area contributed by atoms with Gasteiger partial charge in [0.05, 0.1) is 23.2 Å². The molecule has 7 nitrogen and oxygen atoms in total. The highest BCUT2D eigenvalue weighted by molar-refractivity contribution is 6.51. The second-order valence-electron chi connectivity index (χ2n) is 7.88. The summed E-state index contributed by atoms with van der Waals surface area (Å²) in [6.45, 7) is 2.03. The van der Waals surface area contributed by atoms with Gasteiger partial charge in [0.25, 0.3) is 11.7 Å². The van der Waals surface area contributed by atoms with Crippen LogP contribution in [0.25, 0.3) is 5.76 Å². The Morgan fingerprint density at radius 3 is 2.27 bits per heavy atom. The normalized spacial score (nSPS) is 17.2. The molecule has 192 valence electrons. The van der Waals surface area contributed by atoms with E-state index in [1.807, 2.05) is 0 Å². The van der Waals surface area contributed by atoms with Gasteiger partial charge in [0.1, 0.15) is 23.0 Å². The molecular formula is C26H19ClF3NO6. The second-order valence-corrected chi connectivity index (χ2v) is 8.29. The van der Waals surface area contributed by atoms with Crippen molar-refractivity contribution in [1.82, 2.24) is 0 Å². The zero-order valence-electron chi connectivity index (χ0n) is 19.1. The summed E-state index contributed by atoms with van der Waals surface area (Å²) < 4.78 is 47.0. The highest BCUT2D eigenvalue weighted by atomic mass is 35.5. The smallest absolute Gasteiger partial charge is 0.508 e. The van der Waals surface area contributed by atoms with E-state index in [1.54, 1.807) is 6.92 Å². The summed E-state index contributed by atoms with van der Waals surface area (Å²) in [5.41, 5.74) is 0.327. The Morgan fingerprint density at radius 2 is 1.68 bits per heavy atom. The Labute approximate surface area is 213 Å². The van der Waals surface area contributed by atoms with Gasteiger partial charge in [-0.15, -0.1) is 13.2 Å². The van der Waals surface area contributed by atoms with E-state index in [0.29, 0.717) is 5.56 Å². The number of phenols is 1. The number of aliphatic hydroxyl groups is 1. The van der Waals surface area contributed by atoms with E-state index in [9.17, 15) is 33.0 Å². The Bertz CT molecular complexity index is 1370. The average molecular weight is 534 g/mol. The summed E-state index contributed by atoms with van der Waals surface area (Å²) in [5, 5.41) is 21.2. The Morgan fingerprint density at radius 1 is 1.03 bits per heavy atom. The molecule has 0 saturated carbocycles. The summed E-state index contributed by atoms with van der Waals surface area (Å²) >= 11 is 6.13. The molecule has 1 aliphatic heterocycles. The fraction of sp³-hybridized carbons (Fsp3) is 0.154. The van der Waals surface area contributed by atoms with Crippen LogP contribution >= 0.6 is 11.6 Å². The predicted molar refractivity (Wildman–Crippen MR) is 129 cm³/mol. The number of aliphatic hydroxyl groups excluding tert-OH is 1. The molecule has 37 heavy (non-hydrogen) atoms. The number of Topliss-reactive ketones (excluding diaryl/α,β-unsaturated/α-hetero) is 1. The fourth-order valence-electron chi connectivity index (χ4n) is 3.95. The van der Waals surface area contributed by atoms with Gasteiger partial charge in [-0.25, -0.2) is 0 Å². The van der Waals surface area contributed by atoms with E-state index in [1.165, 1.54) is 54.6 Å². The van der Waals surface area contributed by atoms with E-state index in [-0.39, 0.29) is 40.0 Å². The predicted octanol–water partition coefficient (Wildman–Crippen LogP) is 5.97. The van der Waals surface area contributed by atoms with Gasteiger partial charge in [-0.05, 0) is 67.1 Å². The van der Waals surface area contributed by atoms with Crippen LogP contribution in [-0.2, 0) is 9.59 Å². The lowest BCUT2D eigenvalue weighted by Crippen LogP contribution is -2.29. The number of phenolic OH excluding ortho intramolecular Hbond substituents is 1. The summed E-state index contributed by atoms with van der Waals surface area (Å²) in [5.74, 6) is -2.87. The van der Waals surface area contributed by atoms with Crippen molar-refractivity contribution in [2.45, 2.75) is 19.3 Å². The first-order chi connectivity index (χ1) is 17.5. The third-order valence-electron chi connectivity index (χ3n) is 5.51. The minimum atomic E-state index is -4.91. The molecule has 3 aromatic carbocycles. The van der Waals surface area contributed by atoms with Crippen LogP contribution in [0.2, 0.25) is 5.02 Å². The number of nitrogens with zero attached hydrogens (tertiary/aromatic N) is 1. The molecule has 11 heteroatoms. The second kappa shape index (κ2) is 10.1. The minimum Gasteiger partial charge on any atom is -0.508 e. The van der Waals surface area contributed by atoms with E-state index in [0.717, 1.165) is 17.0 Å². The molecule has 2 N–H and O–H groups in total. The lowest BCUT2D eigenvalue weighted by atomic mass is 9.95. The van der Waals surface area contributed by atoms with Crippen LogP contribution in [0.4, 0.5) is 18.9 Å². The molecule has 0 aromatic heterocycles. The highest BCUT2D eigenvalue weighted by Gasteiger charge is 2.47. The van der Waals surface area contributed by atoms with Gasteiger partial charge in [-0.2, -0.15) is 0 Å². The number of carbonyl (C=O) groups is 2. The summed E-state index contributed by atoms with van der Waals surface area (Å²) in [6, 6.07) is 13.2. The standard InChI is InChI=1S/C26H19ClF3NO6/c1-2-36-20-13-15(5-12-19(20)27)23(33)21-22(14-3-8-17(32)9-4-14)31(25(35)24(21)34)16-6-10-18(11-7-16)37-26(28,29)30/h3-13,22,32-33H,2H2,1H3/b23-21-. The molecule has 1 heterocycles. The van der Waals surface area contributed by atoms with E-state index >= 15 is 0 Å². The molecule has 3 aromatic rings. The molecule has 0 bridgehead atoms. The van der Waals surface area contributed by atoms with Crippen LogP contribution in [0.15, 0.2) is 72.3 Å². The van der Waals surface area contributed by atoms with Gasteiger partial charge in [-0.1, -0.05) is 23.7 Å². The van der Waals surface area contributed by atoms with Gasteiger partial charge in [0.2, 0.25) is 0 Å². The highest BCUT2D eigenvalue weighted by Crippen LogP contribution is 2.43. The summed E-state index contributed by atoms with van der Waals surface area (Å²) in [4.78, 5) is 27.4. The van der Waals surface area contributed by atoms with Gasteiger partial charge in [-0.3, -0.25) is 14.5 Å². The maximum absolute atomic E-state index is 13.2. The zero-order valence-corrected chi connectivity index (χ0v) is 19.9. The third-order valence-corrected chi connectivity index (χ3v) is 5.82. The zero-order chi connectivity index (χ0) is 26.9. The number of benzene rings is 3. The quantitative estimate of drug-likeness (QED) is 0.230. The average Bonchev–Trinajstić information content (AvgIpc) is 3.10. The lowest BCUT2D eigenvalue weighted by Gasteiger charge is -2.25. The number of hydrogen-bond donors (Lipinski definition) is 2. The van der Waals surface area contributed by atoms with Crippen LogP contribution in [0.5, 0.6) is 17.2 Å². The summed E-state index contributed by atoms with van der Waals surface area (Å²) in [7, 11) is 0. The maximum Gasteiger partial charge on any atom is 0.573 e. The van der Waals surface area contributed by atoms with Crippen molar-refractivity contribution in [3.8, 4) is 17.2 Å². The Hall–Kier alpha value is -4.18. The number of aromatic hydroxyl groups is 1. The van der Waals surface area contributed by atoms with E-state index in [2.05, 4.69) is 4.74 Å². The number of anilines is 1. The van der Waals surface area contributed by atoms with Crippen LogP contribution < -0.4 is 14.4 Å². The SMILES string of the molecule is CCOc1cc(/C(O)=C2/C(=O)C(=O)N(c3ccc(OC(F)(F)F)cc3)C2c2ccc(O)cc2)ccc1Cl. The number of amides is 1. The molecule has 0 spiro atoms. The van der Waals surface area contributed by atoms with Crippen molar-refractivity contribution in [3.05, 3.63) is 88.5 Å². The molecule has 1 atom stereocenters. The molecule has 1 fully saturated rings. The van der Waals surface area contributed by atoms with E-state index < -0.39 is 35.6 Å². The van der Waals surface area contributed by atoms with Gasteiger partial charge < -0.3 is 19.7 Å². The van der Waals surface area contributed by atoms with Crippen molar-refractivity contribution in [2.75, 3.05) is 11.5 Å². The van der Waals surface area contributed by atoms with Crippen LogP contribution in [-0.4, -0.2) is 34.9 Å².